The smallest absolute Gasteiger partial charge is 0.129 e. The molecule has 1 N–H and O–H groups in total. The third kappa shape index (κ3) is 2.82. The van der Waals surface area contributed by atoms with Gasteiger partial charge < -0.3 is 10.1 Å². The van der Waals surface area contributed by atoms with Crippen LogP contribution in [0.25, 0.3) is 0 Å². The Labute approximate surface area is 99.3 Å². The van der Waals surface area contributed by atoms with Crippen LogP contribution in [0.3, 0.4) is 0 Å². The first-order valence-corrected chi connectivity index (χ1v) is 5.64. The number of likely N-dealkylation sites (N-methyl/N-ethyl adjacent to an activating group) is 1. The van der Waals surface area contributed by atoms with Crippen LogP contribution in [0.5, 0.6) is 0 Å². The lowest BCUT2D eigenvalue weighted by atomic mass is 10.0. The van der Waals surface area contributed by atoms with Crippen LogP contribution in [-0.2, 0) is 11.2 Å². The van der Waals surface area contributed by atoms with Crippen molar-refractivity contribution in [1.29, 1.82) is 0 Å². The standard InChI is InChI=1S/C13H15F2NO/c1-16-12(13-3-2-6-17-13)7-9-4-5-10(14)8-11(9)15/h3-5,8,12,16H,2,6-7H2,1H3. The van der Waals surface area contributed by atoms with Gasteiger partial charge in [-0.2, -0.15) is 0 Å². The first-order valence-electron chi connectivity index (χ1n) is 5.64. The normalized spacial score (nSPS) is 16.5. The van der Waals surface area contributed by atoms with Crippen molar-refractivity contribution in [3.8, 4) is 0 Å². The monoisotopic (exact) mass is 239 g/mol. The number of halogens is 2. The molecule has 0 aromatic heterocycles. The van der Waals surface area contributed by atoms with E-state index in [1.54, 1.807) is 7.05 Å². The van der Waals surface area contributed by atoms with Gasteiger partial charge in [-0.15, -0.1) is 0 Å². The van der Waals surface area contributed by atoms with Gasteiger partial charge in [0.05, 0.1) is 12.6 Å². The number of nitrogens with one attached hydrogen (secondary N) is 1. The average Bonchev–Trinajstić information content (AvgIpc) is 2.81. The van der Waals surface area contributed by atoms with E-state index < -0.39 is 11.6 Å². The molecule has 0 aliphatic carbocycles. The van der Waals surface area contributed by atoms with Gasteiger partial charge in [0.15, 0.2) is 0 Å². The Morgan fingerprint density at radius 2 is 2.24 bits per heavy atom. The number of hydrogen-bond acceptors (Lipinski definition) is 2. The molecule has 1 atom stereocenters. The minimum absolute atomic E-state index is 0.0579. The molecule has 2 nitrogen and oxygen atoms in total. The second kappa shape index (κ2) is 5.27. The molecule has 4 heteroatoms. The fourth-order valence-electron chi connectivity index (χ4n) is 1.93. The van der Waals surface area contributed by atoms with E-state index in [4.69, 9.17) is 4.74 Å². The van der Waals surface area contributed by atoms with Gasteiger partial charge >= 0.3 is 0 Å². The third-order valence-electron chi connectivity index (χ3n) is 2.86. The van der Waals surface area contributed by atoms with Crippen molar-refractivity contribution in [2.45, 2.75) is 18.9 Å². The van der Waals surface area contributed by atoms with Crippen LogP contribution in [0.2, 0.25) is 0 Å². The van der Waals surface area contributed by atoms with Crippen LogP contribution in [0.4, 0.5) is 8.78 Å². The fourth-order valence-corrected chi connectivity index (χ4v) is 1.93. The van der Waals surface area contributed by atoms with E-state index in [1.807, 2.05) is 6.08 Å². The van der Waals surface area contributed by atoms with Crippen LogP contribution in [0.1, 0.15) is 12.0 Å². The summed E-state index contributed by atoms with van der Waals surface area (Å²) in [4.78, 5) is 0. The molecule has 0 spiro atoms. The van der Waals surface area contributed by atoms with E-state index in [1.165, 1.54) is 12.1 Å². The second-order valence-corrected chi connectivity index (χ2v) is 4.02. The molecule has 0 saturated heterocycles. The van der Waals surface area contributed by atoms with E-state index in [2.05, 4.69) is 5.32 Å². The predicted molar refractivity (Wildman–Crippen MR) is 61.6 cm³/mol. The van der Waals surface area contributed by atoms with E-state index in [9.17, 15) is 8.78 Å². The third-order valence-corrected chi connectivity index (χ3v) is 2.86. The maximum absolute atomic E-state index is 13.5. The van der Waals surface area contributed by atoms with Gasteiger partial charge in [0.1, 0.15) is 17.4 Å². The molecule has 1 aliphatic heterocycles. The lowest BCUT2D eigenvalue weighted by Crippen LogP contribution is -2.30. The summed E-state index contributed by atoms with van der Waals surface area (Å²) < 4.78 is 31.7. The Morgan fingerprint density at radius 1 is 1.41 bits per heavy atom. The van der Waals surface area contributed by atoms with Gasteiger partial charge in [-0.3, -0.25) is 0 Å². The highest BCUT2D eigenvalue weighted by molar-refractivity contribution is 5.22. The van der Waals surface area contributed by atoms with E-state index in [0.717, 1.165) is 18.2 Å². The van der Waals surface area contributed by atoms with E-state index in [-0.39, 0.29) is 6.04 Å². The second-order valence-electron chi connectivity index (χ2n) is 4.02. The highest BCUT2D eigenvalue weighted by Crippen LogP contribution is 2.19. The van der Waals surface area contributed by atoms with Crippen molar-refractivity contribution in [1.82, 2.24) is 5.32 Å². The zero-order valence-corrected chi connectivity index (χ0v) is 9.67. The van der Waals surface area contributed by atoms with Gasteiger partial charge in [0.2, 0.25) is 0 Å². The summed E-state index contributed by atoms with van der Waals surface area (Å²) in [6.07, 6.45) is 3.34. The van der Waals surface area contributed by atoms with Crippen LogP contribution in [0.15, 0.2) is 30.0 Å². The van der Waals surface area contributed by atoms with Gasteiger partial charge in [-0.05, 0) is 31.2 Å². The average molecular weight is 239 g/mol. The fraction of sp³-hybridized carbons (Fsp3) is 0.385. The Kier molecular flexibility index (Phi) is 3.74. The molecule has 1 aromatic carbocycles. The van der Waals surface area contributed by atoms with Crippen molar-refractivity contribution in [2.24, 2.45) is 0 Å². The molecule has 1 aliphatic rings. The van der Waals surface area contributed by atoms with Gasteiger partial charge in [-0.25, -0.2) is 8.78 Å². The minimum Gasteiger partial charge on any atom is -0.496 e. The highest BCUT2D eigenvalue weighted by atomic mass is 19.1. The molecule has 0 saturated carbocycles. The zero-order valence-electron chi connectivity index (χ0n) is 9.67. The SMILES string of the molecule is CNC(Cc1ccc(F)cc1F)C1=CCCO1. The summed E-state index contributed by atoms with van der Waals surface area (Å²) >= 11 is 0. The largest absolute Gasteiger partial charge is 0.496 e. The van der Waals surface area contributed by atoms with Gasteiger partial charge in [0.25, 0.3) is 0 Å². The Bertz CT molecular complexity index is 431. The quantitative estimate of drug-likeness (QED) is 0.871. The summed E-state index contributed by atoms with van der Waals surface area (Å²) in [6.45, 7) is 0.680. The molecule has 1 unspecified atom stereocenters. The van der Waals surface area contributed by atoms with Crippen molar-refractivity contribution in [2.75, 3.05) is 13.7 Å². The molecule has 0 radical (unpaired) electrons. The van der Waals surface area contributed by atoms with Gasteiger partial charge in [-0.1, -0.05) is 6.07 Å². The van der Waals surface area contributed by atoms with Gasteiger partial charge in [0, 0.05) is 12.5 Å². The number of benzene rings is 1. The molecule has 1 aromatic rings. The lowest BCUT2D eigenvalue weighted by molar-refractivity contribution is 0.216. The summed E-state index contributed by atoms with van der Waals surface area (Å²) in [5.74, 6) is -0.219. The summed E-state index contributed by atoms with van der Waals surface area (Å²) in [6, 6.07) is 3.60. The van der Waals surface area contributed by atoms with E-state index >= 15 is 0 Å². The number of ether oxygens (including phenoxy) is 1. The molecule has 17 heavy (non-hydrogen) atoms. The summed E-state index contributed by atoms with van der Waals surface area (Å²) in [7, 11) is 1.80. The topological polar surface area (TPSA) is 21.3 Å². The highest BCUT2D eigenvalue weighted by Gasteiger charge is 2.19. The van der Waals surface area contributed by atoms with Crippen molar-refractivity contribution in [3.05, 3.63) is 47.2 Å². The van der Waals surface area contributed by atoms with E-state index in [0.29, 0.717) is 18.6 Å². The molecule has 0 fully saturated rings. The molecule has 0 amide bonds. The summed E-state index contributed by atoms with van der Waals surface area (Å²) in [5, 5.41) is 3.08. The van der Waals surface area contributed by atoms with Crippen LogP contribution < -0.4 is 5.32 Å². The first kappa shape index (κ1) is 12.0. The van der Waals surface area contributed by atoms with Crippen molar-refractivity contribution in [3.63, 3.8) is 0 Å². The molecule has 2 rings (SSSR count). The Morgan fingerprint density at radius 3 is 2.82 bits per heavy atom. The first-order chi connectivity index (χ1) is 8.20. The molecule has 0 bridgehead atoms. The molecular weight excluding hydrogens is 224 g/mol. The molecule has 1 heterocycles. The summed E-state index contributed by atoms with van der Waals surface area (Å²) in [5.41, 5.74) is 0.488. The molecular formula is C13H15F2NO. The van der Waals surface area contributed by atoms with Crippen LogP contribution >= 0.6 is 0 Å². The predicted octanol–water partition coefficient (Wildman–Crippen LogP) is 2.40. The Balaban J connectivity index is 2.12. The zero-order chi connectivity index (χ0) is 12.3. The van der Waals surface area contributed by atoms with Crippen molar-refractivity contribution >= 4 is 0 Å². The number of rotatable bonds is 4. The minimum atomic E-state index is -0.552. The lowest BCUT2D eigenvalue weighted by Gasteiger charge is -2.17. The molecule has 92 valence electrons. The number of hydrogen-bond donors (Lipinski definition) is 1. The van der Waals surface area contributed by atoms with Crippen molar-refractivity contribution < 1.29 is 13.5 Å². The Hall–Kier alpha value is -1.42. The van der Waals surface area contributed by atoms with Crippen LogP contribution in [-0.4, -0.2) is 19.7 Å². The maximum atomic E-state index is 13.5. The maximum Gasteiger partial charge on any atom is 0.129 e. The van der Waals surface area contributed by atoms with Crippen LogP contribution in [0, 0.1) is 11.6 Å².